The van der Waals surface area contributed by atoms with Crippen LogP contribution in [0.3, 0.4) is 0 Å². The van der Waals surface area contributed by atoms with Gasteiger partial charge in [-0.25, -0.2) is 9.78 Å². The molecule has 4 heterocycles. The molecule has 0 radical (unpaired) electrons. The molecule has 38 heavy (non-hydrogen) atoms. The Labute approximate surface area is 222 Å². The summed E-state index contributed by atoms with van der Waals surface area (Å²) in [5, 5.41) is 17.5. The number of fused-ring (bicyclic) bond motifs is 1. The highest BCUT2D eigenvalue weighted by Gasteiger charge is 2.21. The average Bonchev–Trinajstić information content (AvgIpc) is 3.33. The first-order chi connectivity index (χ1) is 18.1. The summed E-state index contributed by atoms with van der Waals surface area (Å²) in [5.74, 6) is -0.785. The van der Waals surface area contributed by atoms with Crippen LogP contribution in [0, 0.1) is 13.8 Å². The molecular formula is C28H24ClN5O4. The molecule has 0 fully saturated rings. The maximum Gasteiger partial charge on any atom is 0.356 e. The Hall–Kier alpha value is -4.50. The SMILES string of the molecule is Cc1cc([C@@H](C)Nc2ccc(Cl)nc2C(=O)O)c2oc(-c3ccc(-c4cnn(C)c4)nc3)c(C)c(=O)c2c1. The van der Waals surface area contributed by atoms with Crippen LogP contribution in [0.4, 0.5) is 5.69 Å². The third-order valence-electron chi connectivity index (χ3n) is 6.32. The number of hydrogen-bond donors (Lipinski definition) is 2. The van der Waals surface area contributed by atoms with E-state index in [1.165, 1.54) is 6.07 Å². The van der Waals surface area contributed by atoms with Crippen LogP contribution >= 0.6 is 11.6 Å². The van der Waals surface area contributed by atoms with Crippen molar-refractivity contribution >= 4 is 34.2 Å². The molecule has 0 saturated carbocycles. The summed E-state index contributed by atoms with van der Waals surface area (Å²) < 4.78 is 8.11. The number of carboxylic acid groups (broad SMARTS) is 1. The van der Waals surface area contributed by atoms with E-state index in [4.69, 9.17) is 16.0 Å². The van der Waals surface area contributed by atoms with E-state index in [0.717, 1.165) is 16.8 Å². The molecule has 0 amide bonds. The van der Waals surface area contributed by atoms with Crippen LogP contribution in [0.2, 0.25) is 5.15 Å². The quantitative estimate of drug-likeness (QED) is 0.265. The Bertz CT molecular complexity index is 1760. The second kappa shape index (κ2) is 9.75. The zero-order valence-corrected chi connectivity index (χ0v) is 21.9. The molecule has 0 unspecified atom stereocenters. The van der Waals surface area contributed by atoms with Gasteiger partial charge in [0.15, 0.2) is 11.1 Å². The normalized spacial score (nSPS) is 12.0. The number of anilines is 1. The van der Waals surface area contributed by atoms with E-state index in [0.29, 0.717) is 39.1 Å². The van der Waals surface area contributed by atoms with Crippen molar-refractivity contribution < 1.29 is 14.3 Å². The third-order valence-corrected chi connectivity index (χ3v) is 6.53. The average molecular weight is 530 g/mol. The van der Waals surface area contributed by atoms with Crippen LogP contribution in [0.25, 0.3) is 33.6 Å². The molecule has 192 valence electrons. The van der Waals surface area contributed by atoms with Gasteiger partial charge in [-0.05, 0) is 56.7 Å². The maximum absolute atomic E-state index is 13.5. The lowest BCUT2D eigenvalue weighted by atomic mass is 9.99. The molecule has 10 heteroatoms. The van der Waals surface area contributed by atoms with E-state index in [9.17, 15) is 14.7 Å². The first kappa shape index (κ1) is 25.2. The van der Waals surface area contributed by atoms with Gasteiger partial charge in [0, 0.05) is 41.7 Å². The van der Waals surface area contributed by atoms with Crippen LogP contribution < -0.4 is 10.7 Å². The zero-order chi connectivity index (χ0) is 27.1. The third kappa shape index (κ3) is 4.64. The minimum Gasteiger partial charge on any atom is -0.476 e. The number of halogens is 1. The van der Waals surface area contributed by atoms with E-state index >= 15 is 0 Å². The number of pyridine rings is 2. The molecule has 1 atom stereocenters. The van der Waals surface area contributed by atoms with Crippen molar-refractivity contribution in [2.75, 3.05) is 5.32 Å². The fraction of sp³-hybridized carbons (Fsp3) is 0.179. The van der Waals surface area contributed by atoms with Crippen molar-refractivity contribution in [1.82, 2.24) is 19.7 Å². The van der Waals surface area contributed by atoms with Crippen molar-refractivity contribution in [3.8, 4) is 22.6 Å². The lowest BCUT2D eigenvalue weighted by molar-refractivity contribution is 0.0691. The number of carbonyl (C=O) groups is 1. The lowest BCUT2D eigenvalue weighted by Gasteiger charge is -2.19. The van der Waals surface area contributed by atoms with Gasteiger partial charge in [0.25, 0.3) is 0 Å². The van der Waals surface area contributed by atoms with E-state index in [-0.39, 0.29) is 16.3 Å². The molecule has 5 rings (SSSR count). The molecule has 0 spiro atoms. The topological polar surface area (TPSA) is 123 Å². The fourth-order valence-corrected chi connectivity index (χ4v) is 4.59. The molecule has 0 aliphatic rings. The second-order valence-corrected chi connectivity index (χ2v) is 9.54. The van der Waals surface area contributed by atoms with Gasteiger partial charge in [-0.15, -0.1) is 0 Å². The summed E-state index contributed by atoms with van der Waals surface area (Å²) in [6.45, 7) is 5.49. The van der Waals surface area contributed by atoms with Crippen LogP contribution in [0.1, 0.15) is 40.1 Å². The number of aromatic nitrogens is 4. The van der Waals surface area contributed by atoms with Crippen molar-refractivity contribution in [3.63, 3.8) is 0 Å². The lowest BCUT2D eigenvalue weighted by Crippen LogP contribution is -2.14. The number of nitrogens with zero attached hydrogens (tertiary/aromatic N) is 4. The summed E-state index contributed by atoms with van der Waals surface area (Å²) in [6, 6.07) is 10.1. The van der Waals surface area contributed by atoms with Gasteiger partial charge >= 0.3 is 5.97 Å². The second-order valence-electron chi connectivity index (χ2n) is 9.15. The van der Waals surface area contributed by atoms with Crippen LogP contribution in [-0.4, -0.2) is 30.8 Å². The first-order valence-corrected chi connectivity index (χ1v) is 12.2. The Kier molecular flexibility index (Phi) is 6.46. The van der Waals surface area contributed by atoms with E-state index in [1.807, 2.05) is 45.3 Å². The number of aryl methyl sites for hydroxylation is 2. The highest BCUT2D eigenvalue weighted by atomic mass is 35.5. The number of aromatic carboxylic acids is 1. The van der Waals surface area contributed by atoms with Gasteiger partial charge < -0.3 is 14.8 Å². The zero-order valence-electron chi connectivity index (χ0n) is 21.1. The molecule has 2 N–H and O–H groups in total. The number of carboxylic acids is 1. The van der Waals surface area contributed by atoms with Gasteiger partial charge in [0.05, 0.1) is 29.0 Å². The van der Waals surface area contributed by atoms with Crippen molar-refractivity contribution in [2.45, 2.75) is 26.8 Å². The highest BCUT2D eigenvalue weighted by molar-refractivity contribution is 6.29. The highest BCUT2D eigenvalue weighted by Crippen LogP contribution is 2.33. The molecule has 4 aromatic heterocycles. The minimum absolute atomic E-state index is 0.0795. The summed E-state index contributed by atoms with van der Waals surface area (Å²) in [7, 11) is 1.84. The summed E-state index contributed by atoms with van der Waals surface area (Å²) >= 11 is 5.91. The van der Waals surface area contributed by atoms with E-state index in [2.05, 4.69) is 20.4 Å². The van der Waals surface area contributed by atoms with Gasteiger partial charge in [-0.1, -0.05) is 17.7 Å². The fourth-order valence-electron chi connectivity index (χ4n) is 4.44. The maximum atomic E-state index is 13.5. The number of rotatable bonds is 6. The van der Waals surface area contributed by atoms with Gasteiger partial charge in [0.1, 0.15) is 16.5 Å². The predicted octanol–water partition coefficient (Wildman–Crippen LogP) is 5.79. The van der Waals surface area contributed by atoms with Crippen molar-refractivity contribution in [1.29, 1.82) is 0 Å². The van der Waals surface area contributed by atoms with Gasteiger partial charge in [-0.3, -0.25) is 14.5 Å². The summed E-state index contributed by atoms with van der Waals surface area (Å²) in [5.41, 5.74) is 4.71. The Morgan fingerprint density at radius 2 is 1.92 bits per heavy atom. The smallest absolute Gasteiger partial charge is 0.356 e. The predicted molar refractivity (Wildman–Crippen MR) is 146 cm³/mol. The van der Waals surface area contributed by atoms with E-state index in [1.54, 1.807) is 36.1 Å². The number of nitrogens with one attached hydrogen (secondary N) is 1. The molecule has 1 aromatic carbocycles. The molecule has 0 saturated heterocycles. The summed E-state index contributed by atoms with van der Waals surface area (Å²) in [4.78, 5) is 33.7. The summed E-state index contributed by atoms with van der Waals surface area (Å²) in [6.07, 6.45) is 5.28. The molecule has 0 aliphatic carbocycles. The van der Waals surface area contributed by atoms with Crippen molar-refractivity contribution in [2.24, 2.45) is 7.05 Å². The van der Waals surface area contributed by atoms with Gasteiger partial charge in [0.2, 0.25) is 0 Å². The number of hydrogen-bond acceptors (Lipinski definition) is 7. The number of benzene rings is 1. The Balaban J connectivity index is 1.60. The van der Waals surface area contributed by atoms with Gasteiger partial charge in [-0.2, -0.15) is 5.10 Å². The monoisotopic (exact) mass is 529 g/mol. The molecule has 9 nitrogen and oxygen atoms in total. The van der Waals surface area contributed by atoms with Crippen molar-refractivity contribution in [3.05, 3.63) is 92.7 Å². The Morgan fingerprint density at radius 3 is 2.58 bits per heavy atom. The largest absolute Gasteiger partial charge is 0.476 e. The first-order valence-electron chi connectivity index (χ1n) is 11.8. The molecule has 0 aliphatic heterocycles. The van der Waals surface area contributed by atoms with Crippen LogP contribution in [-0.2, 0) is 7.05 Å². The van der Waals surface area contributed by atoms with Crippen LogP contribution in [0.5, 0.6) is 0 Å². The molecule has 5 aromatic rings. The minimum atomic E-state index is -1.21. The van der Waals surface area contributed by atoms with E-state index < -0.39 is 12.0 Å². The molecule has 0 bridgehead atoms. The van der Waals surface area contributed by atoms with Crippen LogP contribution in [0.15, 0.2) is 64.2 Å². The Morgan fingerprint density at radius 1 is 1.13 bits per heavy atom. The standard InChI is InChI=1S/C28H24ClN5O4/c1-14-9-19(16(3)32-22-7-8-23(29)33-24(22)28(36)37)27-20(10-14)25(35)15(2)26(38-27)17-5-6-21(30-11-17)18-12-31-34(4)13-18/h5-13,16,32H,1-4H3,(H,36,37)/t16-/m1/s1. The molecular weight excluding hydrogens is 506 g/mol.